The van der Waals surface area contributed by atoms with Crippen LogP contribution in [0.15, 0.2) is 24.5 Å². The molecule has 18 heavy (non-hydrogen) atoms. The number of imidazole rings is 1. The van der Waals surface area contributed by atoms with Crippen molar-refractivity contribution < 1.29 is 14.7 Å². The quantitative estimate of drug-likeness (QED) is 0.842. The van der Waals surface area contributed by atoms with E-state index in [2.05, 4.69) is 10.3 Å². The molecule has 2 heterocycles. The SMILES string of the molecule is Cc1ccn2cc(C(=O)NC(C)C(=O)O)nc2c1. The van der Waals surface area contributed by atoms with Crippen LogP contribution in [0.3, 0.4) is 0 Å². The second-order valence-electron chi connectivity index (χ2n) is 4.13. The van der Waals surface area contributed by atoms with Crippen molar-refractivity contribution in [2.24, 2.45) is 0 Å². The van der Waals surface area contributed by atoms with Crippen LogP contribution in [0.4, 0.5) is 0 Å². The number of pyridine rings is 1. The van der Waals surface area contributed by atoms with Crippen molar-refractivity contribution >= 4 is 17.5 Å². The smallest absolute Gasteiger partial charge is 0.325 e. The van der Waals surface area contributed by atoms with Gasteiger partial charge in [-0.3, -0.25) is 9.59 Å². The number of nitrogens with zero attached hydrogens (tertiary/aromatic N) is 2. The van der Waals surface area contributed by atoms with E-state index in [9.17, 15) is 9.59 Å². The first-order chi connectivity index (χ1) is 8.47. The maximum atomic E-state index is 11.8. The van der Waals surface area contributed by atoms with E-state index in [1.54, 1.807) is 16.8 Å². The minimum atomic E-state index is -1.08. The van der Waals surface area contributed by atoms with Gasteiger partial charge >= 0.3 is 5.97 Å². The summed E-state index contributed by atoms with van der Waals surface area (Å²) in [6.07, 6.45) is 3.37. The van der Waals surface area contributed by atoms with Crippen molar-refractivity contribution in [3.63, 3.8) is 0 Å². The lowest BCUT2D eigenvalue weighted by molar-refractivity contribution is -0.138. The number of carboxylic acid groups (broad SMARTS) is 1. The molecule has 0 aromatic carbocycles. The Balaban J connectivity index is 2.26. The van der Waals surface area contributed by atoms with Gasteiger partial charge in [0, 0.05) is 12.4 Å². The fourth-order valence-electron chi connectivity index (χ4n) is 1.53. The summed E-state index contributed by atoms with van der Waals surface area (Å²) in [4.78, 5) is 26.6. The molecule has 6 nitrogen and oxygen atoms in total. The van der Waals surface area contributed by atoms with Gasteiger partial charge in [-0.25, -0.2) is 4.98 Å². The highest BCUT2D eigenvalue weighted by atomic mass is 16.4. The second kappa shape index (κ2) is 4.48. The predicted molar refractivity (Wildman–Crippen MR) is 64.5 cm³/mol. The van der Waals surface area contributed by atoms with Crippen LogP contribution in [-0.2, 0) is 4.79 Å². The van der Waals surface area contributed by atoms with E-state index in [4.69, 9.17) is 5.11 Å². The van der Waals surface area contributed by atoms with E-state index in [1.165, 1.54) is 6.92 Å². The number of hydrogen-bond donors (Lipinski definition) is 2. The van der Waals surface area contributed by atoms with Crippen LogP contribution in [0.5, 0.6) is 0 Å². The molecule has 1 atom stereocenters. The third-order valence-corrected chi connectivity index (χ3v) is 2.57. The summed E-state index contributed by atoms with van der Waals surface area (Å²) in [5.41, 5.74) is 1.90. The Hall–Kier alpha value is -2.37. The summed E-state index contributed by atoms with van der Waals surface area (Å²) in [6, 6.07) is 2.80. The van der Waals surface area contributed by atoms with Crippen molar-refractivity contribution in [2.75, 3.05) is 0 Å². The molecule has 6 heteroatoms. The summed E-state index contributed by atoms with van der Waals surface area (Å²) in [5.74, 6) is -1.57. The highest BCUT2D eigenvalue weighted by Gasteiger charge is 2.17. The molecule has 0 fully saturated rings. The third kappa shape index (κ3) is 2.32. The maximum absolute atomic E-state index is 11.8. The first kappa shape index (κ1) is 12.1. The Morgan fingerprint density at radius 2 is 2.22 bits per heavy atom. The molecule has 0 aliphatic heterocycles. The number of nitrogens with one attached hydrogen (secondary N) is 1. The van der Waals surface area contributed by atoms with E-state index in [0.717, 1.165) is 5.56 Å². The average Bonchev–Trinajstić information content (AvgIpc) is 2.71. The molecule has 2 rings (SSSR count). The van der Waals surface area contributed by atoms with E-state index < -0.39 is 17.9 Å². The van der Waals surface area contributed by atoms with E-state index in [1.807, 2.05) is 19.1 Å². The highest BCUT2D eigenvalue weighted by molar-refractivity contribution is 5.95. The van der Waals surface area contributed by atoms with Crippen LogP contribution >= 0.6 is 0 Å². The maximum Gasteiger partial charge on any atom is 0.325 e. The minimum absolute atomic E-state index is 0.203. The largest absolute Gasteiger partial charge is 0.480 e. The lowest BCUT2D eigenvalue weighted by atomic mass is 10.3. The van der Waals surface area contributed by atoms with Crippen LogP contribution in [-0.4, -0.2) is 32.4 Å². The monoisotopic (exact) mass is 247 g/mol. The zero-order valence-corrected chi connectivity index (χ0v) is 10.0. The number of rotatable bonds is 3. The van der Waals surface area contributed by atoms with Gasteiger partial charge < -0.3 is 14.8 Å². The van der Waals surface area contributed by atoms with Crippen molar-refractivity contribution in [2.45, 2.75) is 19.9 Å². The van der Waals surface area contributed by atoms with Gasteiger partial charge in [0.25, 0.3) is 5.91 Å². The number of aryl methyl sites for hydroxylation is 1. The Morgan fingerprint density at radius 3 is 2.89 bits per heavy atom. The average molecular weight is 247 g/mol. The van der Waals surface area contributed by atoms with Gasteiger partial charge in [0.1, 0.15) is 17.4 Å². The number of carboxylic acids is 1. The molecule has 0 aliphatic rings. The lowest BCUT2D eigenvalue weighted by Crippen LogP contribution is -2.38. The fraction of sp³-hybridized carbons (Fsp3) is 0.250. The predicted octanol–water partition coefficient (Wildman–Crippen LogP) is 0.846. The molecule has 1 unspecified atom stereocenters. The van der Waals surface area contributed by atoms with Crippen molar-refractivity contribution in [1.82, 2.24) is 14.7 Å². The first-order valence-corrected chi connectivity index (χ1v) is 5.46. The van der Waals surface area contributed by atoms with Crippen LogP contribution in [0.1, 0.15) is 23.0 Å². The molecule has 94 valence electrons. The van der Waals surface area contributed by atoms with Crippen molar-refractivity contribution in [1.29, 1.82) is 0 Å². The zero-order chi connectivity index (χ0) is 13.3. The van der Waals surface area contributed by atoms with E-state index in [0.29, 0.717) is 5.65 Å². The number of amides is 1. The van der Waals surface area contributed by atoms with E-state index in [-0.39, 0.29) is 5.69 Å². The minimum Gasteiger partial charge on any atom is -0.480 e. The summed E-state index contributed by atoms with van der Waals surface area (Å²) < 4.78 is 1.72. The summed E-state index contributed by atoms with van der Waals surface area (Å²) in [5, 5.41) is 11.1. The second-order valence-corrected chi connectivity index (χ2v) is 4.13. The van der Waals surface area contributed by atoms with Gasteiger partial charge in [-0.05, 0) is 31.5 Å². The number of aliphatic carboxylic acids is 1. The zero-order valence-electron chi connectivity index (χ0n) is 10.0. The molecule has 2 N–H and O–H groups in total. The van der Waals surface area contributed by atoms with E-state index >= 15 is 0 Å². The molecule has 0 radical (unpaired) electrons. The number of hydrogen-bond acceptors (Lipinski definition) is 3. The van der Waals surface area contributed by atoms with Crippen molar-refractivity contribution in [3.8, 4) is 0 Å². The summed E-state index contributed by atoms with van der Waals surface area (Å²) in [6.45, 7) is 3.33. The van der Waals surface area contributed by atoms with Gasteiger partial charge in [0.05, 0.1) is 0 Å². The Morgan fingerprint density at radius 1 is 1.50 bits per heavy atom. The van der Waals surface area contributed by atoms with Crippen molar-refractivity contribution in [3.05, 3.63) is 35.8 Å². The van der Waals surface area contributed by atoms with Crippen LogP contribution in [0.2, 0.25) is 0 Å². The van der Waals surface area contributed by atoms with Gasteiger partial charge in [0.15, 0.2) is 0 Å². The Kier molecular flexibility index (Phi) is 3.01. The first-order valence-electron chi connectivity index (χ1n) is 5.46. The molecule has 2 aromatic heterocycles. The molecular weight excluding hydrogens is 234 g/mol. The van der Waals surface area contributed by atoms with Gasteiger partial charge in [-0.15, -0.1) is 0 Å². The molecular formula is C12H13N3O3. The summed E-state index contributed by atoms with van der Waals surface area (Å²) >= 11 is 0. The molecule has 0 spiro atoms. The Bertz CT molecular complexity index is 618. The number of carbonyl (C=O) groups excluding carboxylic acids is 1. The van der Waals surface area contributed by atoms with Gasteiger partial charge in [0.2, 0.25) is 0 Å². The molecule has 2 aromatic rings. The lowest BCUT2D eigenvalue weighted by Gasteiger charge is -2.06. The number of fused-ring (bicyclic) bond motifs is 1. The molecule has 0 saturated heterocycles. The van der Waals surface area contributed by atoms with Gasteiger partial charge in [-0.1, -0.05) is 0 Å². The number of carbonyl (C=O) groups is 2. The third-order valence-electron chi connectivity index (χ3n) is 2.57. The van der Waals surface area contributed by atoms with Crippen LogP contribution < -0.4 is 5.32 Å². The van der Waals surface area contributed by atoms with Crippen LogP contribution in [0, 0.1) is 6.92 Å². The Labute approximate surface area is 103 Å². The van der Waals surface area contributed by atoms with Crippen LogP contribution in [0.25, 0.3) is 5.65 Å². The number of aromatic nitrogens is 2. The molecule has 0 saturated carbocycles. The van der Waals surface area contributed by atoms with Gasteiger partial charge in [-0.2, -0.15) is 0 Å². The normalized spacial score (nSPS) is 12.3. The molecule has 1 amide bonds. The molecule has 0 aliphatic carbocycles. The highest BCUT2D eigenvalue weighted by Crippen LogP contribution is 2.07. The fourth-order valence-corrected chi connectivity index (χ4v) is 1.53. The topological polar surface area (TPSA) is 83.7 Å². The summed E-state index contributed by atoms with van der Waals surface area (Å²) in [7, 11) is 0. The molecule has 0 bridgehead atoms. The standard InChI is InChI=1S/C12H13N3O3/c1-7-3-4-15-6-9(14-10(15)5-7)11(16)13-8(2)12(17)18/h3-6,8H,1-2H3,(H,13,16)(H,17,18).